The lowest BCUT2D eigenvalue weighted by Gasteiger charge is -2.21. The number of rotatable bonds is 5. The predicted molar refractivity (Wildman–Crippen MR) is 54.8 cm³/mol. The van der Waals surface area contributed by atoms with Crippen LogP contribution in [0.4, 0.5) is 0 Å². The molecular formula is C8H18N2O2S. The average Bonchev–Trinajstić information content (AvgIpc) is 2.03. The molecule has 0 heterocycles. The topological polar surface area (TPSA) is 72.2 Å². The highest BCUT2D eigenvalue weighted by molar-refractivity contribution is 7.84. The third-order valence-corrected chi connectivity index (χ3v) is 2.71. The second-order valence-electron chi connectivity index (χ2n) is 3.30. The molecule has 0 aromatic heterocycles. The van der Waals surface area contributed by atoms with E-state index in [0.29, 0.717) is 18.7 Å². The molecular weight excluding hydrogens is 188 g/mol. The highest BCUT2D eigenvalue weighted by Gasteiger charge is 2.25. The molecule has 13 heavy (non-hydrogen) atoms. The molecule has 3 N–H and O–H groups in total. The van der Waals surface area contributed by atoms with Gasteiger partial charge in [-0.3, -0.25) is 9.00 Å². The van der Waals surface area contributed by atoms with E-state index >= 15 is 0 Å². The summed E-state index contributed by atoms with van der Waals surface area (Å²) in [6, 6.07) is 0. The number of amides is 1. The van der Waals surface area contributed by atoms with E-state index in [0.717, 1.165) is 0 Å². The molecule has 0 saturated heterocycles. The van der Waals surface area contributed by atoms with Gasteiger partial charge in [0.1, 0.15) is 0 Å². The van der Waals surface area contributed by atoms with Crippen molar-refractivity contribution in [2.45, 2.75) is 25.8 Å². The second-order valence-corrected chi connectivity index (χ2v) is 4.86. The lowest BCUT2D eigenvalue weighted by molar-refractivity contribution is -0.125. The lowest BCUT2D eigenvalue weighted by Crippen LogP contribution is -2.51. The SMILES string of the molecule is CCC(C)(N)C(=O)NCCS(C)=O. The lowest BCUT2D eigenvalue weighted by atomic mass is 10.00. The van der Waals surface area contributed by atoms with Gasteiger partial charge < -0.3 is 11.1 Å². The first-order valence-electron chi connectivity index (χ1n) is 4.27. The minimum Gasteiger partial charge on any atom is -0.354 e. The number of hydrogen-bond donors (Lipinski definition) is 2. The first-order valence-corrected chi connectivity index (χ1v) is 6.00. The number of hydrogen-bond acceptors (Lipinski definition) is 3. The van der Waals surface area contributed by atoms with E-state index in [1.807, 2.05) is 6.92 Å². The van der Waals surface area contributed by atoms with Gasteiger partial charge in [-0.1, -0.05) is 6.92 Å². The number of nitrogens with two attached hydrogens (primary N) is 1. The van der Waals surface area contributed by atoms with Crippen molar-refractivity contribution >= 4 is 16.7 Å². The fourth-order valence-corrected chi connectivity index (χ4v) is 1.06. The summed E-state index contributed by atoms with van der Waals surface area (Å²) in [6.07, 6.45) is 2.20. The van der Waals surface area contributed by atoms with Crippen molar-refractivity contribution in [1.82, 2.24) is 5.32 Å². The van der Waals surface area contributed by atoms with E-state index < -0.39 is 16.3 Å². The molecule has 5 heteroatoms. The molecule has 0 spiro atoms. The predicted octanol–water partition coefficient (Wildman–Crippen LogP) is -0.391. The normalized spacial score (nSPS) is 17.5. The minimum absolute atomic E-state index is 0.180. The summed E-state index contributed by atoms with van der Waals surface area (Å²) in [4.78, 5) is 11.3. The Balaban J connectivity index is 3.81. The standard InChI is InChI=1S/C8H18N2O2S/c1-4-8(2,9)7(11)10-5-6-13(3)12/h4-6,9H2,1-3H3,(H,10,11). The summed E-state index contributed by atoms with van der Waals surface area (Å²) < 4.78 is 10.7. The van der Waals surface area contributed by atoms with Crippen LogP contribution in [0.25, 0.3) is 0 Å². The zero-order chi connectivity index (χ0) is 10.5. The Kier molecular flexibility index (Phi) is 5.17. The first-order chi connectivity index (χ1) is 5.90. The van der Waals surface area contributed by atoms with E-state index in [-0.39, 0.29) is 5.91 Å². The van der Waals surface area contributed by atoms with Crippen molar-refractivity contribution in [1.29, 1.82) is 0 Å². The van der Waals surface area contributed by atoms with Crippen molar-refractivity contribution in [3.05, 3.63) is 0 Å². The molecule has 4 nitrogen and oxygen atoms in total. The number of carbonyl (C=O) groups is 1. The maximum Gasteiger partial charge on any atom is 0.239 e. The Labute approximate surface area is 81.7 Å². The largest absolute Gasteiger partial charge is 0.354 e. The van der Waals surface area contributed by atoms with Crippen LogP contribution in [-0.2, 0) is 15.6 Å². The minimum atomic E-state index is -0.866. The summed E-state index contributed by atoms with van der Waals surface area (Å²) >= 11 is 0. The molecule has 0 rings (SSSR count). The molecule has 1 amide bonds. The van der Waals surface area contributed by atoms with Gasteiger partial charge in [0.05, 0.1) is 5.54 Å². The highest BCUT2D eigenvalue weighted by atomic mass is 32.2. The summed E-state index contributed by atoms with van der Waals surface area (Å²) in [7, 11) is -0.866. The van der Waals surface area contributed by atoms with Crippen LogP contribution in [0.2, 0.25) is 0 Å². The van der Waals surface area contributed by atoms with Gasteiger partial charge in [-0.15, -0.1) is 0 Å². The Morgan fingerprint density at radius 2 is 2.15 bits per heavy atom. The van der Waals surface area contributed by atoms with Crippen molar-refractivity contribution < 1.29 is 9.00 Å². The van der Waals surface area contributed by atoms with Gasteiger partial charge in [-0.25, -0.2) is 0 Å². The van der Waals surface area contributed by atoms with Gasteiger partial charge in [-0.05, 0) is 13.3 Å². The zero-order valence-electron chi connectivity index (χ0n) is 8.42. The van der Waals surface area contributed by atoms with E-state index in [1.54, 1.807) is 13.2 Å². The molecule has 0 aliphatic heterocycles. The number of carbonyl (C=O) groups excluding carboxylic acids is 1. The van der Waals surface area contributed by atoms with Gasteiger partial charge in [-0.2, -0.15) is 0 Å². The van der Waals surface area contributed by atoms with Crippen molar-refractivity contribution in [3.8, 4) is 0 Å². The Bertz CT molecular complexity index is 204. The Morgan fingerprint density at radius 1 is 1.62 bits per heavy atom. The van der Waals surface area contributed by atoms with Gasteiger partial charge in [0.25, 0.3) is 0 Å². The average molecular weight is 206 g/mol. The van der Waals surface area contributed by atoms with E-state index in [1.165, 1.54) is 0 Å². The molecule has 2 atom stereocenters. The van der Waals surface area contributed by atoms with Gasteiger partial charge in [0, 0.05) is 29.4 Å². The fourth-order valence-electron chi connectivity index (χ4n) is 0.671. The summed E-state index contributed by atoms with van der Waals surface area (Å²) in [5, 5.41) is 2.65. The third kappa shape index (κ3) is 5.00. The smallest absolute Gasteiger partial charge is 0.239 e. The second kappa shape index (κ2) is 5.34. The van der Waals surface area contributed by atoms with E-state index in [4.69, 9.17) is 5.73 Å². The molecule has 0 bridgehead atoms. The van der Waals surface area contributed by atoms with Crippen molar-refractivity contribution in [2.24, 2.45) is 5.73 Å². The van der Waals surface area contributed by atoms with Crippen LogP contribution in [0, 0.1) is 0 Å². The maximum absolute atomic E-state index is 11.3. The summed E-state index contributed by atoms with van der Waals surface area (Å²) in [5.74, 6) is 0.298. The van der Waals surface area contributed by atoms with Crippen LogP contribution in [-0.4, -0.2) is 34.2 Å². The molecule has 0 aromatic rings. The summed E-state index contributed by atoms with van der Waals surface area (Å²) in [5.41, 5.74) is 4.88. The molecule has 0 aromatic carbocycles. The first kappa shape index (κ1) is 12.6. The number of nitrogens with one attached hydrogen (secondary N) is 1. The molecule has 0 fully saturated rings. The van der Waals surface area contributed by atoms with Crippen LogP contribution in [0.1, 0.15) is 20.3 Å². The molecule has 0 radical (unpaired) electrons. The van der Waals surface area contributed by atoms with Crippen molar-refractivity contribution in [2.75, 3.05) is 18.6 Å². The summed E-state index contributed by atoms with van der Waals surface area (Å²) in [6.45, 7) is 3.97. The van der Waals surface area contributed by atoms with Crippen LogP contribution in [0.15, 0.2) is 0 Å². The van der Waals surface area contributed by atoms with Crippen molar-refractivity contribution in [3.63, 3.8) is 0 Å². The fraction of sp³-hybridized carbons (Fsp3) is 0.875. The molecule has 0 aliphatic carbocycles. The van der Waals surface area contributed by atoms with Crippen LogP contribution >= 0.6 is 0 Å². The van der Waals surface area contributed by atoms with Crippen LogP contribution in [0.5, 0.6) is 0 Å². The quantitative estimate of drug-likeness (QED) is 0.643. The van der Waals surface area contributed by atoms with E-state index in [9.17, 15) is 9.00 Å². The maximum atomic E-state index is 11.3. The Hall–Kier alpha value is -0.420. The van der Waals surface area contributed by atoms with Crippen LogP contribution in [0.3, 0.4) is 0 Å². The Morgan fingerprint density at radius 3 is 2.54 bits per heavy atom. The van der Waals surface area contributed by atoms with Crippen LogP contribution < -0.4 is 11.1 Å². The van der Waals surface area contributed by atoms with E-state index in [2.05, 4.69) is 5.32 Å². The zero-order valence-corrected chi connectivity index (χ0v) is 9.24. The molecule has 0 aliphatic rings. The molecule has 2 unspecified atom stereocenters. The monoisotopic (exact) mass is 206 g/mol. The third-order valence-electron chi connectivity index (χ3n) is 1.93. The highest BCUT2D eigenvalue weighted by Crippen LogP contribution is 2.03. The van der Waals surface area contributed by atoms with Gasteiger partial charge >= 0.3 is 0 Å². The molecule has 0 saturated carbocycles. The molecule has 78 valence electrons. The van der Waals surface area contributed by atoms with Gasteiger partial charge in [0.2, 0.25) is 5.91 Å². The van der Waals surface area contributed by atoms with Gasteiger partial charge in [0.15, 0.2) is 0 Å².